The summed E-state index contributed by atoms with van der Waals surface area (Å²) in [5.41, 5.74) is 0.875. The summed E-state index contributed by atoms with van der Waals surface area (Å²) >= 11 is 0. The molecule has 0 saturated heterocycles. The molecular formula is C14H17N3O3. The summed E-state index contributed by atoms with van der Waals surface area (Å²) in [6.07, 6.45) is 3.61. The van der Waals surface area contributed by atoms with Gasteiger partial charge in [-0.05, 0) is 33.6 Å². The highest BCUT2D eigenvalue weighted by Crippen LogP contribution is 2.40. The molecule has 0 radical (unpaired) electrons. The second kappa shape index (κ2) is 4.47. The molecule has 2 aromatic heterocycles. The normalized spacial score (nSPS) is 16.1. The summed E-state index contributed by atoms with van der Waals surface area (Å²) in [5.74, 6) is 0.736. The molecule has 0 aromatic carbocycles. The number of carbonyl (C=O) groups excluding carboxylic acids is 1. The number of esters is 1. The number of carbonyl (C=O) groups is 1. The van der Waals surface area contributed by atoms with Gasteiger partial charge in [-0.25, -0.2) is 14.8 Å². The van der Waals surface area contributed by atoms with Crippen molar-refractivity contribution in [1.82, 2.24) is 9.97 Å². The van der Waals surface area contributed by atoms with Crippen LogP contribution in [0.4, 0.5) is 5.82 Å². The van der Waals surface area contributed by atoms with Crippen LogP contribution < -0.4 is 5.32 Å². The van der Waals surface area contributed by atoms with Gasteiger partial charge in [-0.15, -0.1) is 0 Å². The van der Waals surface area contributed by atoms with E-state index in [4.69, 9.17) is 9.15 Å². The number of aromatic nitrogens is 2. The summed E-state index contributed by atoms with van der Waals surface area (Å²) < 4.78 is 10.6. The third-order valence-electron chi connectivity index (χ3n) is 3.56. The van der Waals surface area contributed by atoms with Crippen molar-refractivity contribution < 1.29 is 13.9 Å². The standard InChI is InChI=1S/C14H17N3O3/c1-4-19-13(18)9-8(2)20-12-10(9)11(15-7-16-12)17-14(3)5-6-14/h7H,4-6H2,1-3H3,(H,15,16,17). The van der Waals surface area contributed by atoms with Gasteiger partial charge < -0.3 is 14.5 Å². The first-order chi connectivity index (χ1) is 9.54. The van der Waals surface area contributed by atoms with E-state index < -0.39 is 5.97 Å². The predicted octanol–water partition coefficient (Wildman–Crippen LogP) is 2.67. The van der Waals surface area contributed by atoms with Crippen molar-refractivity contribution in [3.05, 3.63) is 17.7 Å². The minimum Gasteiger partial charge on any atom is -0.462 e. The monoisotopic (exact) mass is 275 g/mol. The highest BCUT2D eigenvalue weighted by Gasteiger charge is 2.38. The summed E-state index contributed by atoms with van der Waals surface area (Å²) in [6.45, 7) is 5.95. The zero-order chi connectivity index (χ0) is 14.3. The van der Waals surface area contributed by atoms with E-state index in [1.165, 1.54) is 6.33 Å². The molecule has 1 N–H and O–H groups in total. The Morgan fingerprint density at radius 3 is 2.90 bits per heavy atom. The van der Waals surface area contributed by atoms with Gasteiger partial charge in [0, 0.05) is 5.54 Å². The minimum atomic E-state index is -0.400. The lowest BCUT2D eigenvalue weighted by Gasteiger charge is -2.12. The molecule has 0 bridgehead atoms. The van der Waals surface area contributed by atoms with Crippen LogP contribution in [0.25, 0.3) is 11.1 Å². The second-order valence-corrected chi connectivity index (χ2v) is 5.34. The van der Waals surface area contributed by atoms with Crippen molar-refractivity contribution >= 4 is 22.9 Å². The summed E-state index contributed by atoms with van der Waals surface area (Å²) in [7, 11) is 0. The molecule has 1 aliphatic rings. The Morgan fingerprint density at radius 1 is 1.50 bits per heavy atom. The van der Waals surface area contributed by atoms with Crippen LogP contribution in [0.2, 0.25) is 0 Å². The lowest BCUT2D eigenvalue weighted by atomic mass is 10.1. The average Bonchev–Trinajstić information content (AvgIpc) is 3.00. The molecule has 20 heavy (non-hydrogen) atoms. The third-order valence-corrected chi connectivity index (χ3v) is 3.56. The van der Waals surface area contributed by atoms with Crippen LogP contribution in [0.3, 0.4) is 0 Å². The van der Waals surface area contributed by atoms with Crippen LogP contribution in [-0.4, -0.2) is 28.1 Å². The zero-order valence-electron chi connectivity index (χ0n) is 11.8. The maximum absolute atomic E-state index is 12.1. The topological polar surface area (TPSA) is 77.2 Å². The molecule has 1 saturated carbocycles. The number of ether oxygens (including phenoxy) is 1. The lowest BCUT2D eigenvalue weighted by molar-refractivity contribution is 0.0526. The van der Waals surface area contributed by atoms with E-state index in [0.717, 1.165) is 12.8 Å². The molecular weight excluding hydrogens is 258 g/mol. The SMILES string of the molecule is CCOC(=O)c1c(C)oc2ncnc(NC3(C)CC3)c12. The summed E-state index contributed by atoms with van der Waals surface area (Å²) in [5, 5.41) is 3.98. The van der Waals surface area contributed by atoms with Crippen molar-refractivity contribution in [3.63, 3.8) is 0 Å². The molecule has 3 rings (SSSR count). The van der Waals surface area contributed by atoms with E-state index in [0.29, 0.717) is 34.8 Å². The smallest absolute Gasteiger partial charge is 0.342 e. The molecule has 1 aliphatic carbocycles. The summed E-state index contributed by atoms with van der Waals surface area (Å²) in [4.78, 5) is 20.5. The number of nitrogens with one attached hydrogen (secondary N) is 1. The highest BCUT2D eigenvalue weighted by atomic mass is 16.5. The number of aryl methyl sites for hydroxylation is 1. The minimum absolute atomic E-state index is 0.0540. The van der Waals surface area contributed by atoms with Gasteiger partial charge in [-0.2, -0.15) is 0 Å². The van der Waals surface area contributed by atoms with Gasteiger partial charge in [0.15, 0.2) is 0 Å². The first-order valence-electron chi connectivity index (χ1n) is 6.73. The Kier molecular flexibility index (Phi) is 2.88. The van der Waals surface area contributed by atoms with E-state index in [1.807, 2.05) is 0 Å². The van der Waals surface area contributed by atoms with E-state index in [-0.39, 0.29) is 5.54 Å². The number of hydrogen-bond donors (Lipinski definition) is 1. The number of nitrogens with zero attached hydrogens (tertiary/aromatic N) is 2. The molecule has 0 unspecified atom stereocenters. The Hall–Kier alpha value is -2.11. The molecule has 6 nitrogen and oxygen atoms in total. The second-order valence-electron chi connectivity index (χ2n) is 5.34. The fourth-order valence-electron chi connectivity index (χ4n) is 2.19. The Morgan fingerprint density at radius 2 is 2.25 bits per heavy atom. The fraction of sp³-hybridized carbons (Fsp3) is 0.500. The Labute approximate surface area is 116 Å². The van der Waals surface area contributed by atoms with E-state index in [2.05, 4.69) is 22.2 Å². The number of fused-ring (bicyclic) bond motifs is 1. The van der Waals surface area contributed by atoms with Crippen LogP contribution in [0.5, 0.6) is 0 Å². The molecule has 1 fully saturated rings. The van der Waals surface area contributed by atoms with Crippen molar-refractivity contribution in [2.24, 2.45) is 0 Å². The maximum Gasteiger partial charge on any atom is 0.342 e. The van der Waals surface area contributed by atoms with Gasteiger partial charge in [0.2, 0.25) is 5.71 Å². The Bertz CT molecular complexity index is 674. The van der Waals surface area contributed by atoms with Crippen LogP contribution in [-0.2, 0) is 4.74 Å². The van der Waals surface area contributed by atoms with Crippen LogP contribution in [0.15, 0.2) is 10.7 Å². The molecule has 0 spiro atoms. The van der Waals surface area contributed by atoms with E-state index in [1.54, 1.807) is 13.8 Å². The average molecular weight is 275 g/mol. The van der Waals surface area contributed by atoms with Crippen molar-refractivity contribution in [2.75, 3.05) is 11.9 Å². The molecule has 0 aliphatic heterocycles. The zero-order valence-corrected chi connectivity index (χ0v) is 11.8. The first kappa shape index (κ1) is 12.9. The highest BCUT2D eigenvalue weighted by molar-refractivity contribution is 6.07. The molecule has 0 amide bonds. The van der Waals surface area contributed by atoms with E-state index >= 15 is 0 Å². The van der Waals surface area contributed by atoms with Gasteiger partial charge in [-0.3, -0.25) is 0 Å². The van der Waals surface area contributed by atoms with Crippen LogP contribution in [0, 0.1) is 6.92 Å². The number of anilines is 1. The summed E-state index contributed by atoms with van der Waals surface area (Å²) in [6, 6.07) is 0. The predicted molar refractivity (Wildman–Crippen MR) is 73.8 cm³/mol. The van der Waals surface area contributed by atoms with Crippen molar-refractivity contribution in [3.8, 4) is 0 Å². The molecule has 6 heteroatoms. The van der Waals surface area contributed by atoms with Gasteiger partial charge in [0.05, 0.1) is 12.0 Å². The largest absolute Gasteiger partial charge is 0.462 e. The fourth-order valence-corrected chi connectivity index (χ4v) is 2.19. The quantitative estimate of drug-likeness (QED) is 0.864. The molecule has 2 aromatic rings. The third kappa shape index (κ3) is 2.11. The first-order valence-corrected chi connectivity index (χ1v) is 6.73. The van der Waals surface area contributed by atoms with Crippen LogP contribution >= 0.6 is 0 Å². The van der Waals surface area contributed by atoms with E-state index in [9.17, 15) is 4.79 Å². The maximum atomic E-state index is 12.1. The van der Waals surface area contributed by atoms with Gasteiger partial charge in [0.25, 0.3) is 0 Å². The Balaban J connectivity index is 2.13. The molecule has 106 valence electrons. The number of hydrogen-bond acceptors (Lipinski definition) is 6. The van der Waals surface area contributed by atoms with Crippen LogP contribution in [0.1, 0.15) is 42.8 Å². The number of furan rings is 1. The number of rotatable bonds is 4. The lowest BCUT2D eigenvalue weighted by Crippen LogP contribution is -2.17. The van der Waals surface area contributed by atoms with Crippen molar-refractivity contribution in [2.45, 2.75) is 39.2 Å². The van der Waals surface area contributed by atoms with Gasteiger partial charge in [0.1, 0.15) is 23.5 Å². The molecule has 2 heterocycles. The van der Waals surface area contributed by atoms with Gasteiger partial charge in [-0.1, -0.05) is 0 Å². The molecule has 0 atom stereocenters. The van der Waals surface area contributed by atoms with Crippen molar-refractivity contribution in [1.29, 1.82) is 0 Å². The van der Waals surface area contributed by atoms with Gasteiger partial charge >= 0.3 is 5.97 Å².